The number of rotatable bonds is 7. The fraction of sp³-hybridized carbons (Fsp3) is 0.167. The molecule has 6 heteroatoms. The van der Waals surface area contributed by atoms with Crippen LogP contribution in [0.4, 0.5) is 8.78 Å². The van der Waals surface area contributed by atoms with Crippen molar-refractivity contribution in [1.82, 2.24) is 0 Å². The molecule has 0 aliphatic rings. The third-order valence-electron chi connectivity index (χ3n) is 3.20. The highest BCUT2D eigenvalue weighted by molar-refractivity contribution is 7.98. The molecule has 126 valence electrons. The molecular weight excluding hydrogens is 334 g/mol. The van der Waals surface area contributed by atoms with Gasteiger partial charge in [-0.25, -0.2) is 0 Å². The van der Waals surface area contributed by atoms with Crippen molar-refractivity contribution in [2.24, 2.45) is 0 Å². The summed E-state index contributed by atoms with van der Waals surface area (Å²) in [6.07, 6.45) is 5.06. The number of allylic oxidation sites excluding steroid dienone is 1. The highest BCUT2D eigenvalue weighted by atomic mass is 32.2. The predicted molar refractivity (Wildman–Crippen MR) is 91.2 cm³/mol. The number of halogens is 2. The molecule has 0 aliphatic heterocycles. The van der Waals surface area contributed by atoms with E-state index in [0.717, 1.165) is 16.2 Å². The second kappa shape index (κ2) is 8.49. The zero-order valence-electron chi connectivity index (χ0n) is 13.2. The molecular formula is C18H16F2O3S. The second-order valence-corrected chi connectivity index (χ2v) is 5.56. The van der Waals surface area contributed by atoms with Gasteiger partial charge in [0.1, 0.15) is 11.5 Å². The third kappa shape index (κ3) is 4.83. The van der Waals surface area contributed by atoms with Crippen molar-refractivity contribution in [3.8, 4) is 11.5 Å². The van der Waals surface area contributed by atoms with Gasteiger partial charge in [-0.05, 0) is 54.3 Å². The second-order valence-electron chi connectivity index (χ2n) is 4.71. The van der Waals surface area contributed by atoms with Crippen molar-refractivity contribution in [3.05, 3.63) is 59.7 Å². The molecule has 0 fully saturated rings. The first-order valence-corrected chi connectivity index (χ1v) is 8.25. The summed E-state index contributed by atoms with van der Waals surface area (Å²) in [5.41, 5.74) is 1.22. The van der Waals surface area contributed by atoms with Crippen molar-refractivity contribution in [2.45, 2.75) is 11.5 Å². The van der Waals surface area contributed by atoms with Crippen LogP contribution in [0.2, 0.25) is 0 Å². The van der Waals surface area contributed by atoms with Crippen molar-refractivity contribution in [3.63, 3.8) is 0 Å². The quantitative estimate of drug-likeness (QED) is 0.404. The van der Waals surface area contributed by atoms with Crippen LogP contribution in [-0.4, -0.2) is 25.8 Å². The van der Waals surface area contributed by atoms with Crippen LogP contribution < -0.4 is 9.47 Å². The molecule has 2 aromatic carbocycles. The number of carbonyl (C=O) groups excluding carboxylic acids is 1. The topological polar surface area (TPSA) is 35.5 Å². The minimum atomic E-state index is -2.88. The average molecular weight is 350 g/mol. The van der Waals surface area contributed by atoms with Crippen LogP contribution >= 0.6 is 11.8 Å². The van der Waals surface area contributed by atoms with E-state index in [1.165, 1.54) is 30.3 Å². The van der Waals surface area contributed by atoms with E-state index < -0.39 is 6.61 Å². The van der Waals surface area contributed by atoms with E-state index in [4.69, 9.17) is 4.74 Å². The molecule has 0 aromatic heterocycles. The number of alkyl halides is 2. The maximum atomic E-state index is 12.1. The highest BCUT2D eigenvalue weighted by Crippen LogP contribution is 2.28. The fourth-order valence-corrected chi connectivity index (χ4v) is 2.57. The first-order valence-electron chi connectivity index (χ1n) is 7.03. The summed E-state index contributed by atoms with van der Waals surface area (Å²) in [4.78, 5) is 13.1. The highest BCUT2D eigenvalue weighted by Gasteiger charge is 2.07. The third-order valence-corrected chi connectivity index (χ3v) is 3.98. The Hall–Kier alpha value is -2.34. The standard InChI is InChI=1S/C18H16F2O3S/c1-22-16-11-12(4-10-17(16)24-2)3-9-15(21)13-5-7-14(8-6-13)23-18(19)20/h3-11,18H,1-2H3/b9-3+. The Kier molecular flexibility index (Phi) is 6.37. The summed E-state index contributed by atoms with van der Waals surface area (Å²) in [5.74, 6) is 0.528. The van der Waals surface area contributed by atoms with Gasteiger partial charge >= 0.3 is 6.61 Å². The van der Waals surface area contributed by atoms with E-state index in [0.29, 0.717) is 5.56 Å². The number of hydrogen-bond acceptors (Lipinski definition) is 4. The Morgan fingerprint density at radius 3 is 2.46 bits per heavy atom. The summed E-state index contributed by atoms with van der Waals surface area (Å²) in [7, 11) is 1.59. The lowest BCUT2D eigenvalue weighted by molar-refractivity contribution is -0.0498. The fourth-order valence-electron chi connectivity index (χ4n) is 2.03. The molecule has 0 radical (unpaired) electrons. The van der Waals surface area contributed by atoms with Crippen LogP contribution in [0, 0.1) is 0 Å². The van der Waals surface area contributed by atoms with Crippen LogP contribution in [0.3, 0.4) is 0 Å². The van der Waals surface area contributed by atoms with Gasteiger partial charge in [0.15, 0.2) is 5.78 Å². The summed E-state index contributed by atoms with van der Waals surface area (Å²) in [5, 5.41) is 0. The zero-order valence-corrected chi connectivity index (χ0v) is 14.0. The minimum absolute atomic E-state index is 0.0166. The Balaban J connectivity index is 2.10. The van der Waals surface area contributed by atoms with Gasteiger partial charge in [0.05, 0.1) is 7.11 Å². The maximum absolute atomic E-state index is 12.1. The van der Waals surface area contributed by atoms with E-state index in [9.17, 15) is 13.6 Å². The van der Waals surface area contributed by atoms with Gasteiger partial charge in [-0.2, -0.15) is 8.78 Å². The van der Waals surface area contributed by atoms with Gasteiger partial charge in [0, 0.05) is 10.5 Å². The zero-order chi connectivity index (χ0) is 17.5. The van der Waals surface area contributed by atoms with Crippen molar-refractivity contribution in [1.29, 1.82) is 0 Å². The smallest absolute Gasteiger partial charge is 0.387 e. The van der Waals surface area contributed by atoms with E-state index in [-0.39, 0.29) is 11.5 Å². The Bertz CT molecular complexity index is 728. The lowest BCUT2D eigenvalue weighted by atomic mass is 10.1. The van der Waals surface area contributed by atoms with Crippen LogP contribution in [0.1, 0.15) is 15.9 Å². The van der Waals surface area contributed by atoms with Gasteiger partial charge in [-0.15, -0.1) is 11.8 Å². The molecule has 3 nitrogen and oxygen atoms in total. The number of hydrogen-bond donors (Lipinski definition) is 0. The van der Waals surface area contributed by atoms with Gasteiger partial charge in [0.2, 0.25) is 0 Å². The molecule has 24 heavy (non-hydrogen) atoms. The summed E-state index contributed by atoms with van der Waals surface area (Å²) in [6.45, 7) is -2.88. The molecule has 0 amide bonds. The minimum Gasteiger partial charge on any atom is -0.496 e. The lowest BCUT2D eigenvalue weighted by Crippen LogP contribution is -2.02. The summed E-state index contributed by atoms with van der Waals surface area (Å²) < 4.78 is 33.7. The number of carbonyl (C=O) groups is 1. The number of ketones is 1. The molecule has 0 atom stereocenters. The first kappa shape index (κ1) is 18.0. The van der Waals surface area contributed by atoms with Crippen molar-refractivity contribution < 1.29 is 23.0 Å². The molecule has 0 spiro atoms. The predicted octanol–water partition coefficient (Wildman–Crippen LogP) is 4.91. The number of ether oxygens (including phenoxy) is 2. The molecule has 0 aliphatic carbocycles. The molecule has 0 bridgehead atoms. The molecule has 2 rings (SSSR count). The van der Waals surface area contributed by atoms with Crippen LogP contribution in [0.5, 0.6) is 11.5 Å². The van der Waals surface area contributed by atoms with Gasteiger partial charge in [-0.1, -0.05) is 12.1 Å². The molecule has 0 saturated heterocycles. The SMILES string of the molecule is COc1cc(/C=C/C(=O)c2ccc(OC(F)F)cc2)ccc1SC. The molecule has 0 saturated carbocycles. The molecule has 0 unspecified atom stereocenters. The summed E-state index contributed by atoms with van der Waals surface area (Å²) >= 11 is 1.57. The number of methoxy groups -OCH3 is 1. The first-order chi connectivity index (χ1) is 11.5. The Labute approximate surface area is 143 Å². The van der Waals surface area contributed by atoms with Gasteiger partial charge in [-0.3, -0.25) is 4.79 Å². The maximum Gasteiger partial charge on any atom is 0.387 e. The van der Waals surface area contributed by atoms with Gasteiger partial charge in [0.25, 0.3) is 0 Å². The van der Waals surface area contributed by atoms with E-state index in [2.05, 4.69) is 4.74 Å². The number of benzene rings is 2. The van der Waals surface area contributed by atoms with Gasteiger partial charge < -0.3 is 9.47 Å². The molecule has 0 heterocycles. The van der Waals surface area contributed by atoms with E-state index in [1.807, 2.05) is 24.5 Å². The van der Waals surface area contributed by atoms with Crippen LogP contribution in [0.25, 0.3) is 6.08 Å². The lowest BCUT2D eigenvalue weighted by Gasteiger charge is -2.06. The largest absolute Gasteiger partial charge is 0.496 e. The Morgan fingerprint density at radius 1 is 1.17 bits per heavy atom. The number of thioether (sulfide) groups is 1. The van der Waals surface area contributed by atoms with E-state index in [1.54, 1.807) is 24.9 Å². The van der Waals surface area contributed by atoms with Crippen molar-refractivity contribution in [2.75, 3.05) is 13.4 Å². The van der Waals surface area contributed by atoms with Crippen LogP contribution in [-0.2, 0) is 0 Å². The molecule has 2 aromatic rings. The van der Waals surface area contributed by atoms with Crippen molar-refractivity contribution >= 4 is 23.6 Å². The Morgan fingerprint density at radius 2 is 1.88 bits per heavy atom. The van der Waals surface area contributed by atoms with Crippen LogP contribution in [0.15, 0.2) is 53.4 Å². The average Bonchev–Trinajstić information content (AvgIpc) is 2.59. The normalized spacial score (nSPS) is 11.0. The van der Waals surface area contributed by atoms with E-state index >= 15 is 0 Å². The monoisotopic (exact) mass is 350 g/mol. The summed E-state index contributed by atoms with van der Waals surface area (Å²) in [6, 6.07) is 11.2. The molecule has 0 N–H and O–H groups in total.